The molecule has 0 saturated carbocycles. The van der Waals surface area contributed by atoms with Crippen LogP contribution in [0.3, 0.4) is 0 Å². The Morgan fingerprint density at radius 3 is 2.78 bits per heavy atom. The average molecular weight is 284 g/mol. The number of alkyl halides is 3. The van der Waals surface area contributed by atoms with E-state index < -0.39 is 18.7 Å². The molecule has 9 heteroatoms. The van der Waals surface area contributed by atoms with Gasteiger partial charge in [0, 0.05) is 0 Å². The molecule has 0 bridgehead atoms. The summed E-state index contributed by atoms with van der Waals surface area (Å²) in [4.78, 5) is 18.5. The number of hydrogen-bond acceptors (Lipinski definition) is 5. The van der Waals surface area contributed by atoms with E-state index >= 15 is 0 Å². The lowest BCUT2D eigenvalue weighted by atomic mass is 10.3. The first-order valence-electron chi connectivity index (χ1n) is 4.83. The third kappa shape index (κ3) is 4.36. The van der Waals surface area contributed by atoms with Gasteiger partial charge in [-0.2, -0.15) is 13.2 Å². The fourth-order valence-electron chi connectivity index (χ4n) is 1.04. The van der Waals surface area contributed by atoms with E-state index in [2.05, 4.69) is 14.7 Å². The standard InChI is InChI=1S/C9H9ClF3N3O2/c1-2-18-7(17)6-5(3-14-8(10)16-6)15-4-9(11,12)13/h3,15H,2,4H2,1H3. The second-order valence-corrected chi connectivity index (χ2v) is 3.43. The molecule has 0 aliphatic rings. The molecule has 5 nitrogen and oxygen atoms in total. The third-order valence-corrected chi connectivity index (χ3v) is 1.89. The molecular formula is C9H9ClF3N3O2. The lowest BCUT2D eigenvalue weighted by molar-refractivity contribution is -0.115. The fourth-order valence-corrected chi connectivity index (χ4v) is 1.17. The van der Waals surface area contributed by atoms with E-state index in [-0.39, 0.29) is 23.3 Å². The van der Waals surface area contributed by atoms with Gasteiger partial charge in [0.1, 0.15) is 6.54 Å². The topological polar surface area (TPSA) is 64.1 Å². The van der Waals surface area contributed by atoms with Gasteiger partial charge in [-0.3, -0.25) is 0 Å². The van der Waals surface area contributed by atoms with Gasteiger partial charge in [-0.05, 0) is 18.5 Å². The maximum Gasteiger partial charge on any atom is 0.405 e. The Morgan fingerprint density at radius 2 is 2.22 bits per heavy atom. The van der Waals surface area contributed by atoms with E-state index in [0.29, 0.717) is 0 Å². The maximum atomic E-state index is 12.1. The van der Waals surface area contributed by atoms with Crippen LogP contribution < -0.4 is 5.32 Å². The number of carbonyl (C=O) groups excluding carboxylic acids is 1. The van der Waals surface area contributed by atoms with Crippen LogP contribution in [0.25, 0.3) is 0 Å². The zero-order chi connectivity index (χ0) is 13.8. The molecule has 1 aromatic rings. The molecule has 0 aromatic carbocycles. The zero-order valence-electron chi connectivity index (χ0n) is 9.21. The molecule has 18 heavy (non-hydrogen) atoms. The molecule has 1 N–H and O–H groups in total. The van der Waals surface area contributed by atoms with Gasteiger partial charge in [0.05, 0.1) is 18.5 Å². The molecule has 1 rings (SSSR count). The Bertz CT molecular complexity index is 440. The van der Waals surface area contributed by atoms with Gasteiger partial charge in [0.15, 0.2) is 5.69 Å². The normalized spacial score (nSPS) is 11.2. The molecule has 0 saturated heterocycles. The number of esters is 1. The zero-order valence-corrected chi connectivity index (χ0v) is 9.97. The number of rotatable bonds is 4. The highest BCUT2D eigenvalue weighted by Crippen LogP contribution is 2.19. The van der Waals surface area contributed by atoms with E-state index in [9.17, 15) is 18.0 Å². The Balaban J connectivity index is 2.93. The summed E-state index contributed by atoms with van der Waals surface area (Å²) in [6.45, 7) is 0.313. The van der Waals surface area contributed by atoms with Gasteiger partial charge >= 0.3 is 12.1 Å². The molecule has 0 amide bonds. The van der Waals surface area contributed by atoms with Crippen molar-refractivity contribution >= 4 is 23.3 Å². The maximum absolute atomic E-state index is 12.1. The van der Waals surface area contributed by atoms with Crippen LogP contribution in [0.2, 0.25) is 5.28 Å². The summed E-state index contributed by atoms with van der Waals surface area (Å²) in [6, 6.07) is 0. The van der Waals surface area contributed by atoms with Crippen LogP contribution in [-0.4, -0.2) is 35.3 Å². The van der Waals surface area contributed by atoms with E-state index in [0.717, 1.165) is 6.20 Å². The fraction of sp³-hybridized carbons (Fsp3) is 0.444. The Labute approximate surface area is 105 Å². The summed E-state index contributed by atoms with van der Waals surface area (Å²) in [5.41, 5.74) is -0.517. The Kier molecular flexibility index (Phi) is 4.71. The van der Waals surface area contributed by atoms with Crippen molar-refractivity contribution in [1.29, 1.82) is 0 Å². The summed E-state index contributed by atoms with van der Waals surface area (Å²) in [5.74, 6) is -0.869. The summed E-state index contributed by atoms with van der Waals surface area (Å²) in [7, 11) is 0. The highest BCUT2D eigenvalue weighted by atomic mass is 35.5. The lowest BCUT2D eigenvalue weighted by Crippen LogP contribution is -2.23. The SMILES string of the molecule is CCOC(=O)c1nc(Cl)ncc1NCC(F)(F)F. The highest BCUT2D eigenvalue weighted by molar-refractivity contribution is 6.28. The molecule has 100 valence electrons. The number of nitrogens with one attached hydrogen (secondary N) is 1. The summed E-state index contributed by atoms with van der Waals surface area (Å²) < 4.78 is 40.8. The van der Waals surface area contributed by atoms with Crippen LogP contribution in [0.4, 0.5) is 18.9 Å². The molecular weight excluding hydrogens is 275 g/mol. The Morgan fingerprint density at radius 1 is 1.56 bits per heavy atom. The molecule has 1 heterocycles. The van der Waals surface area contributed by atoms with Gasteiger partial charge in [-0.1, -0.05) is 0 Å². The van der Waals surface area contributed by atoms with E-state index in [1.807, 2.05) is 5.32 Å². The van der Waals surface area contributed by atoms with Gasteiger partial charge in [-0.25, -0.2) is 14.8 Å². The van der Waals surface area contributed by atoms with Crippen molar-refractivity contribution < 1.29 is 22.7 Å². The van der Waals surface area contributed by atoms with Crippen molar-refractivity contribution in [2.75, 3.05) is 18.5 Å². The monoisotopic (exact) mass is 283 g/mol. The summed E-state index contributed by atoms with van der Waals surface area (Å²) >= 11 is 5.47. The number of aromatic nitrogens is 2. The molecule has 0 fully saturated rings. The van der Waals surface area contributed by atoms with E-state index in [1.165, 1.54) is 0 Å². The average Bonchev–Trinajstić information content (AvgIpc) is 2.26. The molecule has 0 aliphatic heterocycles. The first-order chi connectivity index (χ1) is 8.33. The van der Waals surface area contributed by atoms with E-state index in [1.54, 1.807) is 6.92 Å². The molecule has 0 atom stereocenters. The summed E-state index contributed by atoms with van der Waals surface area (Å²) in [5, 5.41) is 1.76. The summed E-state index contributed by atoms with van der Waals surface area (Å²) in [6.07, 6.45) is -3.43. The van der Waals surface area contributed by atoms with Gasteiger partial charge in [-0.15, -0.1) is 0 Å². The smallest absolute Gasteiger partial charge is 0.405 e. The molecule has 0 spiro atoms. The lowest BCUT2D eigenvalue weighted by Gasteiger charge is -2.11. The highest BCUT2D eigenvalue weighted by Gasteiger charge is 2.28. The molecule has 0 unspecified atom stereocenters. The molecule has 1 aromatic heterocycles. The predicted octanol–water partition coefficient (Wildman–Crippen LogP) is 2.28. The molecule has 0 aliphatic carbocycles. The van der Waals surface area contributed by atoms with E-state index in [4.69, 9.17) is 11.6 Å². The van der Waals surface area contributed by atoms with Gasteiger partial charge in [0.2, 0.25) is 5.28 Å². The van der Waals surface area contributed by atoms with Crippen molar-refractivity contribution in [1.82, 2.24) is 9.97 Å². The van der Waals surface area contributed by atoms with Crippen LogP contribution in [0.5, 0.6) is 0 Å². The van der Waals surface area contributed by atoms with Crippen LogP contribution in [-0.2, 0) is 4.74 Å². The minimum atomic E-state index is -4.43. The number of carbonyl (C=O) groups is 1. The molecule has 0 radical (unpaired) electrons. The van der Waals surface area contributed by atoms with Gasteiger partial charge in [0.25, 0.3) is 0 Å². The van der Waals surface area contributed by atoms with Crippen LogP contribution >= 0.6 is 11.6 Å². The Hall–Kier alpha value is -1.57. The minimum absolute atomic E-state index is 0.0686. The number of anilines is 1. The van der Waals surface area contributed by atoms with Crippen molar-refractivity contribution in [3.63, 3.8) is 0 Å². The van der Waals surface area contributed by atoms with Crippen LogP contribution in [0.1, 0.15) is 17.4 Å². The minimum Gasteiger partial charge on any atom is -0.461 e. The number of hydrogen-bond donors (Lipinski definition) is 1. The second kappa shape index (κ2) is 5.85. The second-order valence-electron chi connectivity index (χ2n) is 3.09. The quantitative estimate of drug-likeness (QED) is 0.678. The number of halogens is 4. The van der Waals surface area contributed by atoms with Crippen molar-refractivity contribution in [3.8, 4) is 0 Å². The van der Waals surface area contributed by atoms with Crippen molar-refractivity contribution in [3.05, 3.63) is 17.2 Å². The van der Waals surface area contributed by atoms with Gasteiger partial charge < -0.3 is 10.1 Å². The largest absolute Gasteiger partial charge is 0.461 e. The number of ether oxygens (including phenoxy) is 1. The van der Waals surface area contributed by atoms with Crippen LogP contribution in [0.15, 0.2) is 6.20 Å². The first-order valence-corrected chi connectivity index (χ1v) is 5.21. The van der Waals surface area contributed by atoms with Crippen LogP contribution in [0, 0.1) is 0 Å². The van der Waals surface area contributed by atoms with Crippen molar-refractivity contribution in [2.24, 2.45) is 0 Å². The first kappa shape index (κ1) is 14.5. The predicted molar refractivity (Wildman–Crippen MR) is 57.5 cm³/mol. The third-order valence-electron chi connectivity index (χ3n) is 1.71. The number of nitrogens with zero attached hydrogens (tertiary/aromatic N) is 2. The van der Waals surface area contributed by atoms with Crippen molar-refractivity contribution in [2.45, 2.75) is 13.1 Å².